The summed E-state index contributed by atoms with van der Waals surface area (Å²) in [6, 6.07) is 0.463. The molecule has 120 valence electrons. The smallest absolute Gasteiger partial charge is 0.0947 e. The van der Waals surface area contributed by atoms with Crippen LogP contribution in [0.2, 0.25) is 0 Å². The Labute approximate surface area is 134 Å². The number of likely N-dealkylation sites (tertiary alicyclic amines) is 1. The van der Waals surface area contributed by atoms with Crippen LogP contribution in [0.25, 0.3) is 0 Å². The van der Waals surface area contributed by atoms with E-state index < -0.39 is 0 Å². The largest absolute Gasteiger partial charge is 0.315 e. The lowest BCUT2D eigenvalue weighted by Gasteiger charge is -2.48. The highest BCUT2D eigenvalue weighted by molar-refractivity contribution is 7.11. The fraction of sp³-hybridized carbons (Fsp3) is 0.824. The van der Waals surface area contributed by atoms with Crippen LogP contribution in [0, 0.1) is 13.8 Å². The number of likely N-dealkylation sites (N-methyl/N-ethyl adjacent to an activating group) is 1. The SMILES string of the molecule is CCC(C)(C(Cc1nc(C)c(C)s1)NC)N1CCCCC1. The summed E-state index contributed by atoms with van der Waals surface area (Å²) in [6.07, 6.45) is 6.31. The fourth-order valence-electron chi connectivity index (χ4n) is 3.53. The number of piperidine rings is 1. The van der Waals surface area contributed by atoms with Gasteiger partial charge in [0.05, 0.1) is 10.7 Å². The third kappa shape index (κ3) is 3.66. The Morgan fingerprint density at radius 2 is 1.95 bits per heavy atom. The summed E-state index contributed by atoms with van der Waals surface area (Å²) in [7, 11) is 2.11. The first-order valence-electron chi connectivity index (χ1n) is 8.36. The van der Waals surface area contributed by atoms with Crippen LogP contribution >= 0.6 is 11.3 Å². The topological polar surface area (TPSA) is 28.2 Å². The van der Waals surface area contributed by atoms with Crippen molar-refractivity contribution in [2.24, 2.45) is 0 Å². The molecule has 0 aliphatic carbocycles. The zero-order valence-corrected chi connectivity index (χ0v) is 15.1. The number of hydrogen-bond acceptors (Lipinski definition) is 4. The normalized spacial score (nSPS) is 21.2. The number of aryl methyl sites for hydroxylation is 2. The number of aromatic nitrogens is 1. The molecule has 21 heavy (non-hydrogen) atoms. The number of nitrogens with one attached hydrogen (secondary N) is 1. The first-order chi connectivity index (χ1) is 10.0. The summed E-state index contributed by atoms with van der Waals surface area (Å²) in [5, 5.41) is 4.87. The van der Waals surface area contributed by atoms with E-state index in [2.05, 4.69) is 45.0 Å². The van der Waals surface area contributed by atoms with Crippen molar-refractivity contribution in [2.45, 2.75) is 71.4 Å². The van der Waals surface area contributed by atoms with E-state index in [1.165, 1.54) is 54.4 Å². The van der Waals surface area contributed by atoms with E-state index in [-0.39, 0.29) is 5.54 Å². The van der Waals surface area contributed by atoms with Crippen molar-refractivity contribution in [3.63, 3.8) is 0 Å². The van der Waals surface area contributed by atoms with Crippen LogP contribution in [0.3, 0.4) is 0 Å². The molecular weight excluding hydrogens is 278 g/mol. The predicted molar refractivity (Wildman–Crippen MR) is 92.3 cm³/mol. The maximum absolute atomic E-state index is 4.75. The van der Waals surface area contributed by atoms with E-state index >= 15 is 0 Å². The minimum atomic E-state index is 0.225. The van der Waals surface area contributed by atoms with Crippen LogP contribution in [-0.4, -0.2) is 41.6 Å². The molecule has 1 N–H and O–H groups in total. The van der Waals surface area contributed by atoms with Crippen molar-refractivity contribution in [2.75, 3.05) is 20.1 Å². The van der Waals surface area contributed by atoms with Crippen molar-refractivity contribution in [1.29, 1.82) is 0 Å². The molecule has 0 spiro atoms. The lowest BCUT2D eigenvalue weighted by molar-refractivity contribution is 0.0452. The Balaban J connectivity index is 2.15. The Morgan fingerprint density at radius 1 is 1.29 bits per heavy atom. The fourth-order valence-corrected chi connectivity index (χ4v) is 4.51. The van der Waals surface area contributed by atoms with Crippen LogP contribution in [0.15, 0.2) is 0 Å². The van der Waals surface area contributed by atoms with Crippen LogP contribution in [-0.2, 0) is 6.42 Å². The molecule has 0 aromatic carbocycles. The van der Waals surface area contributed by atoms with Gasteiger partial charge in [0.2, 0.25) is 0 Å². The van der Waals surface area contributed by atoms with Gasteiger partial charge in [-0.2, -0.15) is 0 Å². The molecule has 1 aliphatic rings. The number of hydrogen-bond donors (Lipinski definition) is 1. The highest BCUT2D eigenvalue weighted by Crippen LogP contribution is 2.30. The maximum Gasteiger partial charge on any atom is 0.0947 e. The molecule has 3 nitrogen and oxygen atoms in total. The van der Waals surface area contributed by atoms with Gasteiger partial charge in [0.15, 0.2) is 0 Å². The number of nitrogens with zero attached hydrogens (tertiary/aromatic N) is 2. The van der Waals surface area contributed by atoms with Gasteiger partial charge >= 0.3 is 0 Å². The van der Waals surface area contributed by atoms with E-state index in [0.717, 1.165) is 6.42 Å². The van der Waals surface area contributed by atoms with Crippen molar-refractivity contribution in [3.05, 3.63) is 15.6 Å². The predicted octanol–water partition coefficient (Wildman–Crippen LogP) is 3.55. The molecule has 0 saturated carbocycles. The summed E-state index contributed by atoms with van der Waals surface area (Å²) in [6.45, 7) is 11.6. The maximum atomic E-state index is 4.75. The lowest BCUT2D eigenvalue weighted by atomic mass is 9.84. The first-order valence-corrected chi connectivity index (χ1v) is 9.18. The van der Waals surface area contributed by atoms with Gasteiger partial charge in [-0.05, 0) is 60.2 Å². The quantitative estimate of drug-likeness (QED) is 0.871. The van der Waals surface area contributed by atoms with E-state index in [1.807, 2.05) is 11.3 Å². The molecule has 1 saturated heterocycles. The summed E-state index contributed by atoms with van der Waals surface area (Å²) in [4.78, 5) is 8.82. The molecule has 4 heteroatoms. The zero-order valence-electron chi connectivity index (χ0n) is 14.3. The van der Waals surface area contributed by atoms with Crippen LogP contribution in [0.4, 0.5) is 0 Å². The van der Waals surface area contributed by atoms with Gasteiger partial charge in [0.1, 0.15) is 0 Å². The summed E-state index contributed by atoms with van der Waals surface area (Å²) < 4.78 is 0. The van der Waals surface area contributed by atoms with Gasteiger partial charge in [0, 0.05) is 22.9 Å². The highest BCUT2D eigenvalue weighted by atomic mass is 32.1. The molecule has 0 bridgehead atoms. The molecule has 1 aromatic heterocycles. The molecule has 1 fully saturated rings. The molecule has 1 aliphatic heterocycles. The third-order valence-electron chi connectivity index (χ3n) is 5.34. The van der Waals surface area contributed by atoms with Gasteiger partial charge in [-0.15, -0.1) is 11.3 Å². The van der Waals surface area contributed by atoms with Gasteiger partial charge in [-0.1, -0.05) is 13.3 Å². The zero-order chi connectivity index (χ0) is 15.5. The Bertz CT molecular complexity index is 431. The van der Waals surface area contributed by atoms with Gasteiger partial charge in [0.25, 0.3) is 0 Å². The second kappa shape index (κ2) is 7.21. The Kier molecular flexibility index (Phi) is 5.81. The molecule has 1 aromatic rings. The number of rotatable bonds is 6. The summed E-state index contributed by atoms with van der Waals surface area (Å²) in [5.41, 5.74) is 1.42. The van der Waals surface area contributed by atoms with Crippen molar-refractivity contribution >= 4 is 11.3 Å². The second-order valence-corrected chi connectivity index (χ2v) is 7.84. The summed E-state index contributed by atoms with van der Waals surface area (Å²) >= 11 is 1.86. The average Bonchev–Trinajstić information content (AvgIpc) is 2.83. The molecule has 2 unspecified atom stereocenters. The minimum Gasteiger partial charge on any atom is -0.315 e. The van der Waals surface area contributed by atoms with Gasteiger partial charge < -0.3 is 5.32 Å². The first kappa shape index (κ1) is 16.9. The van der Waals surface area contributed by atoms with Crippen LogP contribution in [0.5, 0.6) is 0 Å². The van der Waals surface area contributed by atoms with E-state index in [0.29, 0.717) is 6.04 Å². The highest BCUT2D eigenvalue weighted by Gasteiger charge is 2.38. The van der Waals surface area contributed by atoms with E-state index in [4.69, 9.17) is 4.98 Å². The molecular formula is C17H31N3S. The van der Waals surface area contributed by atoms with Crippen LogP contribution in [0.1, 0.15) is 55.1 Å². The average molecular weight is 310 g/mol. The Morgan fingerprint density at radius 3 is 2.43 bits per heavy atom. The minimum absolute atomic E-state index is 0.225. The van der Waals surface area contributed by atoms with Gasteiger partial charge in [-0.3, -0.25) is 4.90 Å². The van der Waals surface area contributed by atoms with Crippen LogP contribution < -0.4 is 5.32 Å². The van der Waals surface area contributed by atoms with E-state index in [9.17, 15) is 0 Å². The second-order valence-electron chi connectivity index (χ2n) is 6.55. The third-order valence-corrected chi connectivity index (χ3v) is 6.44. The van der Waals surface area contributed by atoms with Gasteiger partial charge in [-0.25, -0.2) is 4.98 Å². The molecule has 2 atom stereocenters. The van der Waals surface area contributed by atoms with Crippen molar-refractivity contribution in [3.8, 4) is 0 Å². The van der Waals surface area contributed by atoms with Crippen molar-refractivity contribution < 1.29 is 0 Å². The Hall–Kier alpha value is -0.450. The number of thiazole rings is 1. The molecule has 0 amide bonds. The van der Waals surface area contributed by atoms with E-state index in [1.54, 1.807) is 0 Å². The molecule has 2 heterocycles. The monoisotopic (exact) mass is 309 g/mol. The molecule has 2 rings (SSSR count). The standard InChI is InChI=1S/C17H31N3S/c1-6-17(4,20-10-8-7-9-11-20)15(18-5)12-16-19-13(2)14(3)21-16/h15,18H,6-12H2,1-5H3. The molecule has 0 radical (unpaired) electrons. The van der Waals surface area contributed by atoms with Crippen molar-refractivity contribution in [1.82, 2.24) is 15.2 Å². The summed E-state index contributed by atoms with van der Waals surface area (Å²) in [5.74, 6) is 0. The lowest BCUT2D eigenvalue weighted by Crippen LogP contribution is -2.60.